The van der Waals surface area contributed by atoms with Crippen LogP contribution in [0.4, 0.5) is 0 Å². The van der Waals surface area contributed by atoms with Crippen LogP contribution in [0, 0.1) is 0 Å². The number of aromatic nitrogens is 4. The number of nitrogens with one attached hydrogen (secondary N) is 1. The molecule has 0 aliphatic carbocycles. The van der Waals surface area contributed by atoms with Gasteiger partial charge in [0.2, 0.25) is 11.3 Å². The average molecular weight is 438 g/mol. The molecule has 0 saturated carbocycles. The number of benzene rings is 3. The summed E-state index contributed by atoms with van der Waals surface area (Å²) in [4.78, 5) is 29.9. The second-order valence-corrected chi connectivity index (χ2v) is 7.93. The molecule has 7 nitrogen and oxygen atoms in total. The van der Waals surface area contributed by atoms with Crippen LogP contribution in [0.1, 0.15) is 23.9 Å². The largest absolute Gasteiger partial charge is 0.342 e. The van der Waals surface area contributed by atoms with Crippen LogP contribution in [0.3, 0.4) is 0 Å². The lowest BCUT2D eigenvalue weighted by Gasteiger charge is -2.19. The fraction of sp³-hybridized carbons (Fsp3) is 0.154. The first-order valence-corrected chi connectivity index (χ1v) is 10.8. The predicted octanol–water partition coefficient (Wildman–Crippen LogP) is 3.58. The van der Waals surface area contributed by atoms with Crippen LogP contribution in [0.15, 0.2) is 89.9 Å². The standard InChI is InChI=1S/C26H23N5O2/c1-30-22-14-8-6-12-20(22)28-26(30)25(18-9-3-2-4-10-18)29-24(33)15-16-31-21-13-7-5-11-19(21)23(32)17-27-31/h2-14,17,25H,15-16H2,1H3,(H,29,33). The fourth-order valence-electron chi connectivity index (χ4n) is 4.14. The number of rotatable bonds is 6. The summed E-state index contributed by atoms with van der Waals surface area (Å²) in [5, 5.41) is 7.97. The van der Waals surface area contributed by atoms with Gasteiger partial charge in [0.1, 0.15) is 11.9 Å². The van der Waals surface area contributed by atoms with Crippen molar-refractivity contribution in [1.82, 2.24) is 24.6 Å². The van der Waals surface area contributed by atoms with Crippen molar-refractivity contribution >= 4 is 27.8 Å². The Balaban J connectivity index is 1.42. The molecular formula is C26H23N5O2. The SMILES string of the molecule is Cn1c(C(NC(=O)CCn2ncc(=O)c3ccccc32)c2ccccc2)nc2ccccc21. The van der Waals surface area contributed by atoms with Crippen molar-refractivity contribution in [2.24, 2.45) is 7.05 Å². The molecule has 164 valence electrons. The Kier molecular flexibility index (Phi) is 5.44. The number of carbonyl (C=O) groups is 1. The van der Waals surface area contributed by atoms with Crippen molar-refractivity contribution in [3.8, 4) is 0 Å². The van der Waals surface area contributed by atoms with Gasteiger partial charge in [-0.15, -0.1) is 0 Å². The molecule has 3 aromatic carbocycles. The highest BCUT2D eigenvalue weighted by molar-refractivity contribution is 5.80. The third-order valence-corrected chi connectivity index (χ3v) is 5.83. The van der Waals surface area contributed by atoms with Crippen LogP contribution in [0.5, 0.6) is 0 Å². The third kappa shape index (κ3) is 4.01. The van der Waals surface area contributed by atoms with Gasteiger partial charge in [0.25, 0.3) is 0 Å². The van der Waals surface area contributed by atoms with Gasteiger partial charge in [-0.05, 0) is 29.8 Å². The normalized spacial score (nSPS) is 12.2. The van der Waals surface area contributed by atoms with Gasteiger partial charge in [-0.1, -0.05) is 54.6 Å². The minimum absolute atomic E-state index is 0.125. The number of fused-ring (bicyclic) bond motifs is 2. The van der Waals surface area contributed by atoms with E-state index in [1.165, 1.54) is 6.20 Å². The van der Waals surface area contributed by atoms with E-state index >= 15 is 0 Å². The summed E-state index contributed by atoms with van der Waals surface area (Å²) in [5.74, 6) is 0.642. The molecule has 33 heavy (non-hydrogen) atoms. The smallest absolute Gasteiger partial charge is 0.222 e. The maximum Gasteiger partial charge on any atom is 0.222 e. The molecule has 0 radical (unpaired) electrons. The van der Waals surface area contributed by atoms with Crippen molar-refractivity contribution in [2.75, 3.05) is 0 Å². The molecule has 0 bridgehead atoms. The first-order chi connectivity index (χ1) is 16.1. The highest BCUT2D eigenvalue weighted by atomic mass is 16.1. The molecule has 5 aromatic rings. The van der Waals surface area contributed by atoms with Crippen LogP contribution in [0.2, 0.25) is 0 Å². The lowest BCUT2D eigenvalue weighted by atomic mass is 10.1. The maximum absolute atomic E-state index is 13.1. The number of carbonyl (C=O) groups excluding carboxylic acids is 1. The van der Waals surface area contributed by atoms with Crippen molar-refractivity contribution < 1.29 is 4.79 Å². The highest BCUT2D eigenvalue weighted by Crippen LogP contribution is 2.25. The number of para-hydroxylation sites is 3. The molecule has 1 amide bonds. The summed E-state index contributed by atoms with van der Waals surface area (Å²) in [6.07, 6.45) is 1.51. The van der Waals surface area contributed by atoms with E-state index in [1.807, 2.05) is 84.4 Å². The zero-order valence-corrected chi connectivity index (χ0v) is 18.2. The van der Waals surface area contributed by atoms with E-state index < -0.39 is 6.04 Å². The molecule has 0 fully saturated rings. The molecule has 1 unspecified atom stereocenters. The van der Waals surface area contributed by atoms with Gasteiger partial charge in [0, 0.05) is 18.9 Å². The first kappa shape index (κ1) is 20.6. The summed E-state index contributed by atoms with van der Waals surface area (Å²) in [7, 11) is 1.96. The van der Waals surface area contributed by atoms with E-state index in [0.717, 1.165) is 22.4 Å². The molecule has 0 spiro atoms. The van der Waals surface area contributed by atoms with Crippen LogP contribution in [0.25, 0.3) is 21.9 Å². The van der Waals surface area contributed by atoms with Crippen molar-refractivity contribution in [2.45, 2.75) is 19.0 Å². The van der Waals surface area contributed by atoms with Gasteiger partial charge in [0.15, 0.2) is 0 Å². The van der Waals surface area contributed by atoms with Crippen LogP contribution in [-0.4, -0.2) is 25.2 Å². The zero-order chi connectivity index (χ0) is 22.8. The van der Waals surface area contributed by atoms with Gasteiger partial charge >= 0.3 is 0 Å². The first-order valence-electron chi connectivity index (χ1n) is 10.8. The van der Waals surface area contributed by atoms with E-state index in [1.54, 1.807) is 10.7 Å². The molecule has 1 atom stereocenters. The van der Waals surface area contributed by atoms with Crippen molar-refractivity contribution in [3.05, 3.63) is 107 Å². The topological polar surface area (TPSA) is 81.8 Å². The molecule has 0 aliphatic heterocycles. The number of nitrogens with zero attached hydrogens (tertiary/aromatic N) is 4. The summed E-state index contributed by atoms with van der Waals surface area (Å²) in [6.45, 7) is 0.358. The van der Waals surface area contributed by atoms with E-state index in [0.29, 0.717) is 17.4 Å². The zero-order valence-electron chi connectivity index (χ0n) is 18.2. The summed E-state index contributed by atoms with van der Waals surface area (Å²) >= 11 is 0. The van der Waals surface area contributed by atoms with Gasteiger partial charge in [-0.25, -0.2) is 4.98 Å². The Labute approximate surface area is 190 Å². The number of hydrogen-bond acceptors (Lipinski definition) is 4. The van der Waals surface area contributed by atoms with Crippen molar-refractivity contribution in [3.63, 3.8) is 0 Å². The summed E-state index contributed by atoms with van der Waals surface area (Å²) in [6, 6.07) is 24.6. The summed E-state index contributed by atoms with van der Waals surface area (Å²) in [5.41, 5.74) is 3.43. The predicted molar refractivity (Wildman–Crippen MR) is 128 cm³/mol. The number of hydrogen-bond donors (Lipinski definition) is 1. The second-order valence-electron chi connectivity index (χ2n) is 7.93. The number of imidazole rings is 1. The van der Waals surface area contributed by atoms with Crippen molar-refractivity contribution in [1.29, 1.82) is 0 Å². The maximum atomic E-state index is 13.1. The Bertz CT molecular complexity index is 1500. The van der Waals surface area contributed by atoms with Crippen LogP contribution >= 0.6 is 0 Å². The molecule has 1 N–H and O–H groups in total. The molecule has 0 saturated heterocycles. The van der Waals surface area contributed by atoms with Gasteiger partial charge < -0.3 is 9.88 Å². The minimum Gasteiger partial charge on any atom is -0.342 e. The number of amides is 1. The van der Waals surface area contributed by atoms with Gasteiger partial charge in [0.05, 0.1) is 29.3 Å². The summed E-state index contributed by atoms with van der Waals surface area (Å²) < 4.78 is 3.72. The van der Waals surface area contributed by atoms with E-state index in [4.69, 9.17) is 4.98 Å². The average Bonchev–Trinajstić information content (AvgIpc) is 3.19. The molecular weight excluding hydrogens is 414 g/mol. The Morgan fingerprint density at radius 2 is 1.64 bits per heavy atom. The third-order valence-electron chi connectivity index (χ3n) is 5.83. The highest BCUT2D eigenvalue weighted by Gasteiger charge is 2.22. The quantitative estimate of drug-likeness (QED) is 0.440. The number of aryl methyl sites for hydroxylation is 2. The lowest BCUT2D eigenvalue weighted by Crippen LogP contribution is -2.32. The van der Waals surface area contributed by atoms with Gasteiger partial charge in [-0.3, -0.25) is 14.3 Å². The van der Waals surface area contributed by atoms with E-state index in [9.17, 15) is 9.59 Å². The minimum atomic E-state index is -0.394. The van der Waals surface area contributed by atoms with Gasteiger partial charge in [-0.2, -0.15) is 5.10 Å². The molecule has 2 aromatic heterocycles. The van der Waals surface area contributed by atoms with Crippen LogP contribution < -0.4 is 10.7 Å². The molecule has 5 rings (SSSR count). The van der Waals surface area contributed by atoms with E-state index in [-0.39, 0.29) is 17.8 Å². The Morgan fingerprint density at radius 1 is 0.939 bits per heavy atom. The van der Waals surface area contributed by atoms with E-state index in [2.05, 4.69) is 10.4 Å². The monoisotopic (exact) mass is 437 g/mol. The van der Waals surface area contributed by atoms with Crippen LogP contribution in [-0.2, 0) is 18.4 Å². The molecule has 2 heterocycles. The second kappa shape index (κ2) is 8.70. The fourth-order valence-corrected chi connectivity index (χ4v) is 4.14. The molecule has 7 heteroatoms. The Morgan fingerprint density at radius 3 is 2.42 bits per heavy atom. The molecule has 0 aliphatic rings. The lowest BCUT2D eigenvalue weighted by molar-refractivity contribution is -0.121. The Hall–Kier alpha value is -4.26.